The van der Waals surface area contributed by atoms with Crippen molar-refractivity contribution in [2.75, 3.05) is 7.11 Å². The summed E-state index contributed by atoms with van der Waals surface area (Å²) in [5.41, 5.74) is 2.05. The molecular weight excluding hydrogens is 194 g/mol. The number of fused-ring (bicyclic) bond motifs is 1. The summed E-state index contributed by atoms with van der Waals surface area (Å²) in [5.74, 6) is -0.945. The molecule has 1 aromatic heterocycles. The molecule has 0 spiro atoms. The number of aromatic carboxylic acids is 1. The Morgan fingerprint density at radius 3 is 2.93 bits per heavy atom. The highest BCUT2D eigenvalue weighted by Gasteiger charge is 2.07. The average molecular weight is 205 g/mol. The third-order valence-corrected chi connectivity index (χ3v) is 2.23. The Labute approximate surface area is 86.5 Å². The predicted molar refractivity (Wildman–Crippen MR) is 56.0 cm³/mol. The van der Waals surface area contributed by atoms with E-state index in [1.807, 2.05) is 18.2 Å². The van der Waals surface area contributed by atoms with Crippen molar-refractivity contribution in [2.24, 2.45) is 0 Å². The van der Waals surface area contributed by atoms with E-state index in [-0.39, 0.29) is 5.69 Å². The maximum Gasteiger partial charge on any atom is 0.352 e. The van der Waals surface area contributed by atoms with E-state index in [0.717, 1.165) is 16.5 Å². The van der Waals surface area contributed by atoms with Crippen LogP contribution in [0.25, 0.3) is 10.9 Å². The van der Waals surface area contributed by atoms with Gasteiger partial charge in [0.2, 0.25) is 0 Å². The summed E-state index contributed by atoms with van der Waals surface area (Å²) < 4.78 is 5.00. The van der Waals surface area contributed by atoms with Gasteiger partial charge in [0.1, 0.15) is 5.69 Å². The van der Waals surface area contributed by atoms with E-state index < -0.39 is 5.97 Å². The van der Waals surface area contributed by atoms with E-state index >= 15 is 0 Å². The number of carboxylic acids is 1. The minimum absolute atomic E-state index is 0.208. The van der Waals surface area contributed by atoms with Gasteiger partial charge in [-0.1, -0.05) is 12.1 Å². The number of carbonyl (C=O) groups is 1. The molecule has 0 radical (unpaired) electrons. The Bertz CT molecular complexity index is 502. The lowest BCUT2D eigenvalue weighted by Crippen LogP contribution is -1.94. The summed E-state index contributed by atoms with van der Waals surface area (Å²) in [6.07, 6.45) is 0. The van der Waals surface area contributed by atoms with Crippen LogP contribution >= 0.6 is 0 Å². The van der Waals surface area contributed by atoms with Crippen molar-refractivity contribution in [1.29, 1.82) is 0 Å². The Balaban J connectivity index is 2.47. The standard InChI is InChI=1S/C11H11NO3/c1-15-6-7-2-3-8-5-10(11(13)14)12-9(8)4-7/h2-5,12H,6H2,1H3,(H,13,14). The number of aromatic nitrogens is 1. The number of ether oxygens (including phenoxy) is 1. The van der Waals surface area contributed by atoms with Gasteiger partial charge in [-0.15, -0.1) is 0 Å². The number of hydrogen-bond donors (Lipinski definition) is 2. The highest BCUT2D eigenvalue weighted by atomic mass is 16.5. The summed E-state index contributed by atoms with van der Waals surface area (Å²) in [5, 5.41) is 9.70. The molecular formula is C11H11NO3. The zero-order chi connectivity index (χ0) is 10.8. The van der Waals surface area contributed by atoms with Crippen LogP contribution in [0, 0.1) is 0 Å². The molecule has 0 unspecified atom stereocenters. The zero-order valence-corrected chi connectivity index (χ0v) is 8.28. The van der Waals surface area contributed by atoms with Crippen LogP contribution in [0.15, 0.2) is 24.3 Å². The second kappa shape index (κ2) is 3.74. The molecule has 0 saturated carbocycles. The second-order valence-corrected chi connectivity index (χ2v) is 3.34. The lowest BCUT2D eigenvalue weighted by Gasteiger charge is -1.98. The van der Waals surface area contributed by atoms with Gasteiger partial charge in [-0.3, -0.25) is 0 Å². The first-order chi connectivity index (χ1) is 7.20. The molecule has 2 aromatic rings. The van der Waals surface area contributed by atoms with E-state index in [9.17, 15) is 4.79 Å². The molecule has 0 atom stereocenters. The molecule has 0 saturated heterocycles. The second-order valence-electron chi connectivity index (χ2n) is 3.34. The summed E-state index contributed by atoms with van der Waals surface area (Å²) in [6, 6.07) is 7.32. The molecule has 15 heavy (non-hydrogen) atoms. The molecule has 0 aliphatic heterocycles. The van der Waals surface area contributed by atoms with Gasteiger partial charge in [-0.25, -0.2) is 4.79 Å². The molecule has 0 aliphatic carbocycles. The van der Waals surface area contributed by atoms with Crippen LogP contribution in [0.2, 0.25) is 0 Å². The molecule has 4 nitrogen and oxygen atoms in total. The molecule has 4 heteroatoms. The Hall–Kier alpha value is -1.81. The Morgan fingerprint density at radius 2 is 2.27 bits per heavy atom. The van der Waals surface area contributed by atoms with Crippen LogP contribution in [0.1, 0.15) is 16.1 Å². The highest BCUT2D eigenvalue weighted by molar-refractivity contribution is 5.93. The van der Waals surface area contributed by atoms with E-state index in [1.165, 1.54) is 0 Å². The van der Waals surface area contributed by atoms with Crippen molar-refractivity contribution in [3.05, 3.63) is 35.5 Å². The van der Waals surface area contributed by atoms with Crippen molar-refractivity contribution < 1.29 is 14.6 Å². The summed E-state index contributed by atoms with van der Waals surface area (Å²) >= 11 is 0. The van der Waals surface area contributed by atoms with Gasteiger partial charge < -0.3 is 14.8 Å². The number of benzene rings is 1. The Kier molecular flexibility index (Phi) is 2.43. The summed E-state index contributed by atoms with van der Waals surface area (Å²) in [7, 11) is 1.63. The number of nitrogens with one attached hydrogen (secondary N) is 1. The van der Waals surface area contributed by atoms with Gasteiger partial charge in [-0.2, -0.15) is 0 Å². The maximum absolute atomic E-state index is 10.7. The first-order valence-electron chi connectivity index (χ1n) is 4.54. The fourth-order valence-corrected chi connectivity index (χ4v) is 1.55. The zero-order valence-electron chi connectivity index (χ0n) is 8.28. The predicted octanol–water partition coefficient (Wildman–Crippen LogP) is 2.01. The average Bonchev–Trinajstić information content (AvgIpc) is 2.61. The summed E-state index contributed by atoms with van der Waals surface area (Å²) in [6.45, 7) is 0.525. The van der Waals surface area contributed by atoms with Crippen LogP contribution in [0.4, 0.5) is 0 Å². The minimum atomic E-state index is -0.945. The van der Waals surface area contributed by atoms with Crippen LogP contribution in [-0.2, 0) is 11.3 Å². The van der Waals surface area contributed by atoms with Gasteiger partial charge in [0, 0.05) is 18.0 Å². The van der Waals surface area contributed by atoms with Crippen molar-refractivity contribution in [1.82, 2.24) is 4.98 Å². The van der Waals surface area contributed by atoms with Gasteiger partial charge in [-0.05, 0) is 17.7 Å². The van der Waals surface area contributed by atoms with E-state index in [4.69, 9.17) is 9.84 Å². The van der Waals surface area contributed by atoms with Crippen molar-refractivity contribution in [2.45, 2.75) is 6.61 Å². The molecule has 0 aliphatic rings. The van der Waals surface area contributed by atoms with Crippen LogP contribution in [-0.4, -0.2) is 23.2 Å². The Morgan fingerprint density at radius 1 is 1.47 bits per heavy atom. The fraction of sp³-hybridized carbons (Fsp3) is 0.182. The third kappa shape index (κ3) is 1.85. The SMILES string of the molecule is COCc1ccc2cc(C(=O)O)[nH]c2c1. The first-order valence-corrected chi connectivity index (χ1v) is 4.54. The summed E-state index contributed by atoms with van der Waals surface area (Å²) in [4.78, 5) is 13.6. The highest BCUT2D eigenvalue weighted by Crippen LogP contribution is 2.17. The van der Waals surface area contributed by atoms with Crippen molar-refractivity contribution in [3.63, 3.8) is 0 Å². The largest absolute Gasteiger partial charge is 0.477 e. The topological polar surface area (TPSA) is 62.3 Å². The van der Waals surface area contributed by atoms with Crippen LogP contribution < -0.4 is 0 Å². The number of H-pyrrole nitrogens is 1. The maximum atomic E-state index is 10.7. The first kappa shape index (κ1) is 9.73. The van der Waals surface area contributed by atoms with E-state index in [2.05, 4.69) is 4.98 Å². The number of methoxy groups -OCH3 is 1. The lowest BCUT2D eigenvalue weighted by molar-refractivity contribution is 0.0691. The number of aromatic amines is 1. The molecule has 2 N–H and O–H groups in total. The smallest absolute Gasteiger partial charge is 0.352 e. The molecule has 0 fully saturated rings. The van der Waals surface area contributed by atoms with Gasteiger partial charge in [0.15, 0.2) is 0 Å². The molecule has 1 aromatic carbocycles. The minimum Gasteiger partial charge on any atom is -0.477 e. The van der Waals surface area contributed by atoms with E-state index in [1.54, 1.807) is 13.2 Å². The molecule has 0 bridgehead atoms. The van der Waals surface area contributed by atoms with Crippen molar-refractivity contribution in [3.8, 4) is 0 Å². The van der Waals surface area contributed by atoms with Gasteiger partial charge >= 0.3 is 5.97 Å². The number of rotatable bonds is 3. The van der Waals surface area contributed by atoms with Gasteiger partial charge in [0.25, 0.3) is 0 Å². The monoisotopic (exact) mass is 205 g/mol. The fourth-order valence-electron chi connectivity index (χ4n) is 1.55. The lowest BCUT2D eigenvalue weighted by atomic mass is 10.2. The quantitative estimate of drug-likeness (QED) is 0.805. The normalized spacial score (nSPS) is 10.7. The molecule has 78 valence electrons. The van der Waals surface area contributed by atoms with Crippen LogP contribution in [0.5, 0.6) is 0 Å². The molecule has 1 heterocycles. The van der Waals surface area contributed by atoms with Gasteiger partial charge in [0.05, 0.1) is 6.61 Å². The molecule has 0 amide bonds. The third-order valence-electron chi connectivity index (χ3n) is 2.23. The number of carboxylic acid groups (broad SMARTS) is 1. The van der Waals surface area contributed by atoms with Crippen molar-refractivity contribution >= 4 is 16.9 Å². The van der Waals surface area contributed by atoms with E-state index in [0.29, 0.717) is 6.61 Å². The van der Waals surface area contributed by atoms with Crippen LogP contribution in [0.3, 0.4) is 0 Å². The number of hydrogen-bond acceptors (Lipinski definition) is 2. The molecule has 2 rings (SSSR count).